The third-order valence-electron chi connectivity index (χ3n) is 3.22. The molecule has 0 aliphatic rings. The molecule has 2 aromatic rings. The smallest absolute Gasteiger partial charge is 0.254 e. The molecule has 1 heterocycles. The van der Waals surface area contributed by atoms with Gasteiger partial charge >= 0.3 is 0 Å². The molecule has 5 heteroatoms. The van der Waals surface area contributed by atoms with Crippen LogP contribution in [0.3, 0.4) is 0 Å². The van der Waals surface area contributed by atoms with Gasteiger partial charge in [-0.15, -0.1) is 0 Å². The number of hydrogen-bond acceptors (Lipinski definition) is 1. The lowest BCUT2D eigenvalue weighted by Gasteiger charge is -1.99. The topological polar surface area (TPSA) is 18.0 Å². The van der Waals surface area contributed by atoms with E-state index in [-0.39, 0.29) is 0 Å². The Balaban J connectivity index is 2.68. The van der Waals surface area contributed by atoms with Crippen LogP contribution in [0, 0.1) is 6.92 Å². The zero-order chi connectivity index (χ0) is 13.3. The van der Waals surface area contributed by atoms with Gasteiger partial charge in [-0.1, -0.05) is 23.2 Å². The van der Waals surface area contributed by atoms with Gasteiger partial charge in [0.05, 0.1) is 23.2 Å². The van der Waals surface area contributed by atoms with Crippen molar-refractivity contribution in [3.63, 3.8) is 0 Å². The van der Waals surface area contributed by atoms with Crippen LogP contribution >= 0.6 is 23.2 Å². The first kappa shape index (κ1) is 13.7. The molecular weight excluding hydrogens is 271 g/mol. The molecule has 1 aromatic heterocycles. The molecule has 0 saturated heterocycles. The van der Waals surface area contributed by atoms with Crippen LogP contribution in [0.25, 0.3) is 11.0 Å². The summed E-state index contributed by atoms with van der Waals surface area (Å²) in [7, 11) is 1.71. The predicted octanol–water partition coefficient (Wildman–Crippen LogP) is 3.21. The summed E-state index contributed by atoms with van der Waals surface area (Å²) in [4.78, 5) is 0. The number of hydrogen-bond donors (Lipinski definition) is 0. The average Bonchev–Trinajstić information content (AvgIpc) is 2.59. The monoisotopic (exact) mass is 287 g/mol. The molecule has 0 saturated carbocycles. The lowest BCUT2D eigenvalue weighted by molar-refractivity contribution is -0.679. The summed E-state index contributed by atoms with van der Waals surface area (Å²) in [5.41, 5.74) is 2.21. The highest BCUT2D eigenvalue weighted by atomic mass is 35.5. The van der Waals surface area contributed by atoms with E-state index in [1.807, 2.05) is 12.1 Å². The lowest BCUT2D eigenvalue weighted by Crippen LogP contribution is -2.38. The Hall–Kier alpha value is -0.770. The number of benzene rings is 1. The van der Waals surface area contributed by atoms with Gasteiger partial charge in [0.2, 0.25) is 0 Å². The first-order valence-electron chi connectivity index (χ1n) is 5.96. The van der Waals surface area contributed by atoms with Crippen molar-refractivity contribution in [2.24, 2.45) is 0 Å². The van der Waals surface area contributed by atoms with Crippen molar-refractivity contribution in [3.8, 4) is 0 Å². The van der Waals surface area contributed by atoms with Gasteiger partial charge in [0.1, 0.15) is 6.54 Å². The number of ether oxygens (including phenoxy) is 1. The Labute approximate surface area is 117 Å². The summed E-state index contributed by atoms with van der Waals surface area (Å²) < 4.78 is 9.60. The molecule has 0 N–H and O–H groups in total. The van der Waals surface area contributed by atoms with E-state index >= 15 is 0 Å². The SMILES string of the molecule is CCn1c(C)[n+](CCOC)c2cc(Cl)c(Cl)cc21. The summed E-state index contributed by atoms with van der Waals surface area (Å²) >= 11 is 12.2. The summed E-state index contributed by atoms with van der Waals surface area (Å²) in [6, 6.07) is 3.85. The highest BCUT2D eigenvalue weighted by Gasteiger charge is 2.21. The highest BCUT2D eigenvalue weighted by Crippen LogP contribution is 2.27. The van der Waals surface area contributed by atoms with Crippen molar-refractivity contribution in [2.75, 3.05) is 13.7 Å². The Bertz CT molecular complexity index is 578. The zero-order valence-electron chi connectivity index (χ0n) is 10.8. The van der Waals surface area contributed by atoms with Gasteiger partial charge < -0.3 is 4.74 Å². The number of halogens is 2. The van der Waals surface area contributed by atoms with Crippen molar-refractivity contribution in [3.05, 3.63) is 28.0 Å². The predicted molar refractivity (Wildman–Crippen MR) is 74.4 cm³/mol. The van der Waals surface area contributed by atoms with E-state index in [1.54, 1.807) is 7.11 Å². The minimum absolute atomic E-state index is 0.587. The molecule has 18 heavy (non-hydrogen) atoms. The van der Waals surface area contributed by atoms with Gasteiger partial charge in [-0.25, -0.2) is 9.13 Å². The molecule has 0 unspecified atom stereocenters. The largest absolute Gasteiger partial charge is 0.381 e. The molecule has 1 aromatic carbocycles. The van der Waals surface area contributed by atoms with E-state index in [0.717, 1.165) is 24.1 Å². The van der Waals surface area contributed by atoms with Gasteiger partial charge in [0.15, 0.2) is 11.0 Å². The molecule has 3 nitrogen and oxygen atoms in total. The van der Waals surface area contributed by atoms with Crippen molar-refractivity contribution in [1.82, 2.24) is 4.57 Å². The highest BCUT2D eigenvalue weighted by molar-refractivity contribution is 6.42. The van der Waals surface area contributed by atoms with E-state index in [9.17, 15) is 0 Å². The van der Waals surface area contributed by atoms with Crippen LogP contribution in [0.5, 0.6) is 0 Å². The fraction of sp³-hybridized carbons (Fsp3) is 0.462. The van der Waals surface area contributed by atoms with E-state index in [2.05, 4.69) is 23.0 Å². The van der Waals surface area contributed by atoms with Crippen molar-refractivity contribution in [2.45, 2.75) is 26.9 Å². The average molecular weight is 288 g/mol. The lowest BCUT2D eigenvalue weighted by atomic mass is 10.3. The van der Waals surface area contributed by atoms with Crippen LogP contribution in [0.2, 0.25) is 10.0 Å². The number of aromatic nitrogens is 2. The molecule has 0 bridgehead atoms. The second-order valence-corrected chi connectivity index (χ2v) is 5.01. The van der Waals surface area contributed by atoms with Crippen LogP contribution in [0.1, 0.15) is 12.7 Å². The van der Waals surface area contributed by atoms with Crippen molar-refractivity contribution >= 4 is 34.2 Å². The summed E-state index contributed by atoms with van der Waals surface area (Å²) in [6.45, 7) is 6.61. The Morgan fingerprint density at radius 2 is 1.94 bits per heavy atom. The molecule has 0 spiro atoms. The van der Waals surface area contributed by atoms with E-state index < -0.39 is 0 Å². The Morgan fingerprint density at radius 3 is 2.56 bits per heavy atom. The molecule has 0 aliphatic heterocycles. The first-order valence-corrected chi connectivity index (χ1v) is 6.72. The normalized spacial score (nSPS) is 11.4. The van der Waals surface area contributed by atoms with Crippen molar-refractivity contribution in [1.29, 1.82) is 0 Å². The number of imidazole rings is 1. The molecule has 0 atom stereocenters. The molecule has 0 radical (unpaired) electrons. The second-order valence-electron chi connectivity index (χ2n) is 4.19. The van der Waals surface area contributed by atoms with Gasteiger partial charge in [-0.3, -0.25) is 0 Å². The third kappa shape index (κ3) is 2.22. The first-order chi connectivity index (χ1) is 8.60. The van der Waals surface area contributed by atoms with Crippen molar-refractivity contribution < 1.29 is 9.30 Å². The van der Waals surface area contributed by atoms with Gasteiger partial charge in [-0.2, -0.15) is 0 Å². The number of nitrogens with zero attached hydrogens (tertiary/aromatic N) is 2. The van der Waals surface area contributed by atoms with Gasteiger partial charge in [0.25, 0.3) is 5.82 Å². The summed E-state index contributed by atoms with van der Waals surface area (Å²) in [6.07, 6.45) is 0. The second kappa shape index (κ2) is 5.47. The third-order valence-corrected chi connectivity index (χ3v) is 3.94. The van der Waals surface area contributed by atoms with E-state index in [1.165, 1.54) is 5.82 Å². The summed E-state index contributed by atoms with van der Waals surface area (Å²) in [5.74, 6) is 1.18. The van der Waals surface area contributed by atoms with Crippen LogP contribution in [0.15, 0.2) is 12.1 Å². The van der Waals surface area contributed by atoms with Crippen LogP contribution < -0.4 is 4.57 Å². The molecule has 2 rings (SSSR count). The van der Waals surface area contributed by atoms with Crippen LogP contribution in [-0.4, -0.2) is 18.3 Å². The van der Waals surface area contributed by atoms with Gasteiger partial charge in [0, 0.05) is 26.2 Å². The molecule has 98 valence electrons. The quantitative estimate of drug-likeness (QED) is 0.790. The maximum atomic E-state index is 6.11. The van der Waals surface area contributed by atoms with E-state index in [0.29, 0.717) is 16.7 Å². The molecular formula is C13H17Cl2N2O+. The van der Waals surface area contributed by atoms with Crippen LogP contribution in [0.4, 0.5) is 0 Å². The maximum absolute atomic E-state index is 6.11. The maximum Gasteiger partial charge on any atom is 0.254 e. The van der Waals surface area contributed by atoms with E-state index in [4.69, 9.17) is 27.9 Å². The Kier molecular flexibility index (Phi) is 4.15. The fourth-order valence-electron chi connectivity index (χ4n) is 2.32. The Morgan fingerprint density at radius 1 is 1.28 bits per heavy atom. The fourth-order valence-corrected chi connectivity index (χ4v) is 2.63. The number of fused-ring (bicyclic) bond motifs is 1. The van der Waals surface area contributed by atoms with Crippen LogP contribution in [-0.2, 0) is 17.8 Å². The number of aryl methyl sites for hydroxylation is 1. The van der Waals surface area contributed by atoms with Gasteiger partial charge in [-0.05, 0) is 6.92 Å². The summed E-state index contributed by atoms with van der Waals surface area (Å²) in [5, 5.41) is 1.18. The number of methoxy groups -OCH3 is 1. The standard InChI is InChI=1S/C13H17Cl2N2O/c1-4-16-9(2)17(5-6-18-3)13-8-11(15)10(14)7-12(13)16/h7-8H,4-6H2,1-3H3/q+1. The molecule has 0 aliphatic carbocycles. The molecule has 0 amide bonds. The minimum Gasteiger partial charge on any atom is -0.381 e. The number of rotatable bonds is 4. The zero-order valence-corrected chi connectivity index (χ0v) is 12.3. The minimum atomic E-state index is 0.587. The molecule has 0 fully saturated rings.